The Labute approximate surface area is 198 Å². The van der Waals surface area contributed by atoms with Crippen molar-refractivity contribution in [1.29, 1.82) is 0 Å². The molecule has 0 fully saturated rings. The molecule has 0 saturated carbocycles. The van der Waals surface area contributed by atoms with Gasteiger partial charge in [0.15, 0.2) is 0 Å². The first-order valence-corrected chi connectivity index (χ1v) is 10.4. The molecule has 0 aliphatic carbocycles. The number of fused-ring (bicyclic) bond motifs is 1. The number of amides is 5. The number of benzene rings is 3. The van der Waals surface area contributed by atoms with Crippen LogP contribution in [0.2, 0.25) is 0 Å². The zero-order chi connectivity index (χ0) is 25.1. The fourth-order valence-corrected chi connectivity index (χ4v) is 3.51. The van der Waals surface area contributed by atoms with E-state index in [0.717, 1.165) is 17.0 Å². The molecule has 176 valence electrons. The van der Waals surface area contributed by atoms with Crippen LogP contribution in [0.1, 0.15) is 42.7 Å². The average Bonchev–Trinajstić information content (AvgIpc) is 3.12. The lowest BCUT2D eigenvalue weighted by atomic mass is 10.1. The van der Waals surface area contributed by atoms with Gasteiger partial charge in [0.2, 0.25) is 6.10 Å². The molecule has 0 bridgehead atoms. The van der Waals surface area contributed by atoms with Crippen LogP contribution in [0.5, 0.6) is 0 Å². The highest BCUT2D eigenvalue weighted by molar-refractivity contribution is 6.34. The zero-order valence-corrected chi connectivity index (χ0v) is 18.3. The van der Waals surface area contributed by atoms with E-state index in [1.807, 2.05) is 0 Å². The number of carbonyl (C=O) groups excluding carboxylic acids is 5. The number of hydrogen-bond donors (Lipinski definition) is 2. The van der Waals surface area contributed by atoms with E-state index in [1.54, 1.807) is 30.3 Å². The molecule has 1 aliphatic rings. The predicted octanol–water partition coefficient (Wildman–Crippen LogP) is 2.98. The highest BCUT2D eigenvalue weighted by Gasteiger charge is 2.37. The molecule has 0 saturated heterocycles. The van der Waals surface area contributed by atoms with Gasteiger partial charge < -0.3 is 10.1 Å². The minimum absolute atomic E-state index is 0.0418. The summed E-state index contributed by atoms with van der Waals surface area (Å²) in [4.78, 5) is 63.7. The second-order valence-corrected chi connectivity index (χ2v) is 7.45. The summed E-state index contributed by atoms with van der Waals surface area (Å²) in [6.07, 6.45) is -1.46. The molecule has 5 amide bonds. The summed E-state index contributed by atoms with van der Waals surface area (Å²) >= 11 is 0. The Kier molecular flexibility index (Phi) is 6.36. The van der Waals surface area contributed by atoms with E-state index in [2.05, 4.69) is 10.6 Å². The maximum absolute atomic E-state index is 13.3. The number of nitrogens with zero attached hydrogens (tertiary/aromatic N) is 1. The zero-order valence-electron chi connectivity index (χ0n) is 18.3. The smallest absolute Gasteiger partial charge is 0.339 e. The number of esters is 1. The van der Waals surface area contributed by atoms with Crippen molar-refractivity contribution in [1.82, 2.24) is 10.6 Å². The molecule has 4 rings (SSSR count). The van der Waals surface area contributed by atoms with Crippen LogP contribution in [0.25, 0.3) is 0 Å². The summed E-state index contributed by atoms with van der Waals surface area (Å²) in [5, 5.41) is 4.31. The van der Waals surface area contributed by atoms with Crippen molar-refractivity contribution in [2.45, 2.75) is 6.10 Å². The van der Waals surface area contributed by atoms with E-state index >= 15 is 0 Å². The van der Waals surface area contributed by atoms with Gasteiger partial charge in [0.05, 0.1) is 22.4 Å². The van der Waals surface area contributed by atoms with Crippen molar-refractivity contribution in [3.05, 3.63) is 101 Å². The lowest BCUT2D eigenvalue weighted by Crippen LogP contribution is -2.41. The number of imide groups is 2. The third kappa shape index (κ3) is 4.62. The van der Waals surface area contributed by atoms with E-state index in [0.29, 0.717) is 5.56 Å². The van der Waals surface area contributed by atoms with E-state index < -0.39 is 41.6 Å². The molecule has 35 heavy (non-hydrogen) atoms. The summed E-state index contributed by atoms with van der Waals surface area (Å²) in [6.45, 7) is 0. The molecule has 1 heterocycles. The summed E-state index contributed by atoms with van der Waals surface area (Å²) in [5.41, 5.74) is 0.432. The molecule has 3 aromatic rings. The van der Waals surface area contributed by atoms with Gasteiger partial charge in [0, 0.05) is 12.6 Å². The fraction of sp³-hybridized carbons (Fsp3) is 0.0800. The molecule has 1 aliphatic heterocycles. The minimum atomic E-state index is -1.46. The molecule has 3 aromatic carbocycles. The third-order valence-electron chi connectivity index (χ3n) is 5.24. The monoisotopic (exact) mass is 475 g/mol. The summed E-state index contributed by atoms with van der Waals surface area (Å²) in [5.74, 6) is -3.66. The van der Waals surface area contributed by atoms with Crippen LogP contribution in [0.4, 0.5) is 14.9 Å². The van der Waals surface area contributed by atoms with Crippen molar-refractivity contribution in [2.24, 2.45) is 0 Å². The van der Waals surface area contributed by atoms with Crippen LogP contribution in [0.3, 0.4) is 0 Å². The van der Waals surface area contributed by atoms with E-state index in [1.165, 1.54) is 37.4 Å². The van der Waals surface area contributed by atoms with E-state index in [-0.39, 0.29) is 22.4 Å². The lowest BCUT2D eigenvalue weighted by molar-refractivity contribution is -0.129. The Morgan fingerprint density at radius 1 is 0.886 bits per heavy atom. The van der Waals surface area contributed by atoms with Crippen LogP contribution < -0.4 is 15.5 Å². The highest BCUT2D eigenvalue weighted by Crippen LogP contribution is 2.30. The topological polar surface area (TPSA) is 122 Å². The normalized spacial score (nSPS) is 13.1. The molecule has 0 radical (unpaired) electrons. The van der Waals surface area contributed by atoms with Crippen LogP contribution in [0, 0.1) is 5.82 Å². The van der Waals surface area contributed by atoms with Gasteiger partial charge in [-0.15, -0.1) is 0 Å². The van der Waals surface area contributed by atoms with Crippen molar-refractivity contribution in [2.75, 3.05) is 11.9 Å². The number of hydrogen-bond acceptors (Lipinski definition) is 6. The summed E-state index contributed by atoms with van der Waals surface area (Å²) < 4.78 is 18.6. The van der Waals surface area contributed by atoms with Gasteiger partial charge in [0.25, 0.3) is 17.7 Å². The van der Waals surface area contributed by atoms with Crippen LogP contribution in [0.15, 0.2) is 72.8 Å². The third-order valence-corrected chi connectivity index (χ3v) is 5.24. The number of rotatable bonds is 5. The second kappa shape index (κ2) is 9.56. The number of carbonyl (C=O) groups is 5. The first-order valence-electron chi connectivity index (χ1n) is 10.4. The van der Waals surface area contributed by atoms with Crippen molar-refractivity contribution >= 4 is 35.4 Å². The maximum Gasteiger partial charge on any atom is 0.339 e. The van der Waals surface area contributed by atoms with Crippen LogP contribution in [-0.2, 0) is 9.53 Å². The van der Waals surface area contributed by atoms with Crippen molar-refractivity contribution in [3.63, 3.8) is 0 Å². The van der Waals surface area contributed by atoms with E-state index in [4.69, 9.17) is 4.74 Å². The SMILES string of the molecule is CNC(=O)NC(=O)C(OC(=O)c1ccc2c(c1)C(=O)N(c1ccc(F)cc1)C2=O)c1ccccc1. The lowest BCUT2D eigenvalue weighted by Gasteiger charge is -2.17. The van der Waals surface area contributed by atoms with Crippen molar-refractivity contribution < 1.29 is 33.1 Å². The van der Waals surface area contributed by atoms with E-state index in [9.17, 15) is 28.4 Å². The van der Waals surface area contributed by atoms with Gasteiger partial charge in [-0.1, -0.05) is 30.3 Å². The Bertz CT molecular complexity index is 1340. The highest BCUT2D eigenvalue weighted by atomic mass is 19.1. The number of nitrogens with one attached hydrogen (secondary N) is 2. The Morgan fingerprint density at radius 2 is 1.54 bits per heavy atom. The standard InChI is InChI=1S/C25H18FN3O6/c1-27-25(34)28-21(30)20(14-5-3-2-4-6-14)35-24(33)15-7-12-18-19(13-15)23(32)29(22(18)31)17-10-8-16(26)9-11-17/h2-13,20H,1H3,(H2,27,28,30,34). The number of halogens is 1. The molecule has 0 spiro atoms. The molecule has 1 unspecified atom stereocenters. The largest absolute Gasteiger partial charge is 0.444 e. The van der Waals surface area contributed by atoms with Gasteiger partial charge in [-0.2, -0.15) is 0 Å². The van der Waals surface area contributed by atoms with Gasteiger partial charge in [0.1, 0.15) is 5.82 Å². The van der Waals surface area contributed by atoms with Crippen LogP contribution >= 0.6 is 0 Å². The molecular formula is C25H18FN3O6. The number of anilines is 1. The number of urea groups is 1. The Hall–Kier alpha value is -4.86. The summed E-state index contributed by atoms with van der Waals surface area (Å²) in [7, 11) is 1.32. The molecule has 2 N–H and O–H groups in total. The Morgan fingerprint density at radius 3 is 2.20 bits per heavy atom. The van der Waals surface area contributed by atoms with Gasteiger partial charge in [-0.05, 0) is 42.5 Å². The fourth-order valence-electron chi connectivity index (χ4n) is 3.51. The molecule has 0 aromatic heterocycles. The quantitative estimate of drug-likeness (QED) is 0.432. The molecule has 1 atom stereocenters. The first kappa shape index (κ1) is 23.3. The first-order chi connectivity index (χ1) is 16.8. The molecule has 9 nitrogen and oxygen atoms in total. The van der Waals surface area contributed by atoms with Gasteiger partial charge in [-0.3, -0.25) is 19.7 Å². The number of ether oxygens (including phenoxy) is 1. The molecular weight excluding hydrogens is 457 g/mol. The maximum atomic E-state index is 13.3. The Balaban J connectivity index is 1.60. The summed E-state index contributed by atoms with van der Waals surface area (Å²) in [6, 6.07) is 15.9. The van der Waals surface area contributed by atoms with Crippen molar-refractivity contribution in [3.8, 4) is 0 Å². The molecule has 10 heteroatoms. The minimum Gasteiger partial charge on any atom is -0.444 e. The second-order valence-electron chi connectivity index (χ2n) is 7.45. The van der Waals surface area contributed by atoms with Gasteiger partial charge in [-0.25, -0.2) is 18.9 Å². The average molecular weight is 475 g/mol. The predicted molar refractivity (Wildman–Crippen MR) is 121 cm³/mol. The van der Waals surface area contributed by atoms with Gasteiger partial charge >= 0.3 is 12.0 Å². The van der Waals surface area contributed by atoms with Crippen LogP contribution in [-0.4, -0.2) is 36.8 Å².